The molecule has 0 aliphatic rings. The second-order valence-electron chi connectivity index (χ2n) is 2.79. The largest absolute Gasteiger partial charge is 0.466 e. The number of rotatable bonds is 5. The smallest absolute Gasteiger partial charge is 0.333 e. The monoisotopic (exact) mass is 200 g/mol. The molecule has 0 atom stereocenters. The van der Waals surface area contributed by atoms with Crippen molar-refractivity contribution in [1.82, 2.24) is 0 Å². The van der Waals surface area contributed by atoms with Crippen LogP contribution in [0.1, 0.15) is 26.2 Å². The van der Waals surface area contributed by atoms with Crippen LogP contribution in [-0.2, 0) is 19.1 Å². The predicted molar refractivity (Wildman–Crippen MR) is 51.6 cm³/mol. The van der Waals surface area contributed by atoms with Crippen LogP contribution in [0.15, 0.2) is 11.6 Å². The highest BCUT2D eigenvalue weighted by Crippen LogP contribution is 2.09. The molecule has 0 unspecified atom stereocenters. The van der Waals surface area contributed by atoms with Crippen LogP contribution < -0.4 is 0 Å². The fourth-order valence-electron chi connectivity index (χ4n) is 0.933. The van der Waals surface area contributed by atoms with Crippen LogP contribution in [0.3, 0.4) is 0 Å². The first-order valence-electron chi connectivity index (χ1n) is 4.52. The Bertz CT molecular complexity index is 230. The molecule has 0 aromatic rings. The maximum atomic E-state index is 11.2. The van der Waals surface area contributed by atoms with E-state index in [1.807, 2.05) is 6.92 Å². The molecule has 0 aliphatic carbocycles. The summed E-state index contributed by atoms with van der Waals surface area (Å²) in [6.07, 6.45) is 3.52. The Morgan fingerprint density at radius 3 is 2.29 bits per heavy atom. The van der Waals surface area contributed by atoms with Crippen molar-refractivity contribution in [2.24, 2.45) is 0 Å². The van der Waals surface area contributed by atoms with E-state index in [0.29, 0.717) is 12.0 Å². The zero-order valence-electron chi connectivity index (χ0n) is 8.83. The van der Waals surface area contributed by atoms with Crippen LogP contribution in [0.5, 0.6) is 0 Å². The summed E-state index contributed by atoms with van der Waals surface area (Å²) in [7, 11) is 2.56. The summed E-state index contributed by atoms with van der Waals surface area (Å²) in [5, 5.41) is 0. The zero-order valence-corrected chi connectivity index (χ0v) is 8.83. The van der Waals surface area contributed by atoms with E-state index in [1.54, 1.807) is 0 Å². The van der Waals surface area contributed by atoms with E-state index in [1.165, 1.54) is 20.3 Å². The third-order valence-corrected chi connectivity index (χ3v) is 1.74. The lowest BCUT2D eigenvalue weighted by Crippen LogP contribution is -2.08. The van der Waals surface area contributed by atoms with Gasteiger partial charge in [0.2, 0.25) is 0 Å². The average Bonchev–Trinajstić information content (AvgIpc) is 2.22. The van der Waals surface area contributed by atoms with E-state index >= 15 is 0 Å². The van der Waals surface area contributed by atoms with Crippen molar-refractivity contribution < 1.29 is 19.1 Å². The fourth-order valence-corrected chi connectivity index (χ4v) is 0.933. The summed E-state index contributed by atoms with van der Waals surface area (Å²) in [4.78, 5) is 22.1. The Morgan fingerprint density at radius 2 is 1.86 bits per heavy atom. The average molecular weight is 200 g/mol. The molecule has 0 heterocycles. The zero-order chi connectivity index (χ0) is 11.0. The molecule has 0 rings (SSSR count). The third kappa shape index (κ3) is 4.64. The molecule has 0 aromatic heterocycles. The Kier molecular flexibility index (Phi) is 6.45. The molecule has 80 valence electrons. The SMILES string of the molecule is CCCCC(=CC(=O)OC)C(=O)OC. The summed E-state index contributed by atoms with van der Waals surface area (Å²) < 4.78 is 8.97. The molecule has 0 bridgehead atoms. The fraction of sp³-hybridized carbons (Fsp3) is 0.600. The molecular weight excluding hydrogens is 184 g/mol. The lowest BCUT2D eigenvalue weighted by atomic mass is 10.1. The molecule has 0 amide bonds. The summed E-state index contributed by atoms with van der Waals surface area (Å²) in [6, 6.07) is 0. The summed E-state index contributed by atoms with van der Waals surface area (Å²) in [5.41, 5.74) is 0.362. The molecule has 14 heavy (non-hydrogen) atoms. The van der Waals surface area contributed by atoms with Gasteiger partial charge in [-0.1, -0.05) is 13.3 Å². The van der Waals surface area contributed by atoms with Crippen molar-refractivity contribution in [2.45, 2.75) is 26.2 Å². The van der Waals surface area contributed by atoms with E-state index in [4.69, 9.17) is 0 Å². The number of methoxy groups -OCH3 is 2. The highest BCUT2D eigenvalue weighted by molar-refractivity contribution is 5.96. The number of carbonyl (C=O) groups is 2. The van der Waals surface area contributed by atoms with Crippen molar-refractivity contribution >= 4 is 11.9 Å². The van der Waals surface area contributed by atoms with Crippen molar-refractivity contribution in [3.63, 3.8) is 0 Å². The van der Waals surface area contributed by atoms with Crippen LogP contribution in [-0.4, -0.2) is 26.2 Å². The lowest BCUT2D eigenvalue weighted by molar-refractivity contribution is -0.138. The van der Waals surface area contributed by atoms with Gasteiger partial charge in [0.15, 0.2) is 0 Å². The van der Waals surface area contributed by atoms with Gasteiger partial charge in [-0.05, 0) is 12.8 Å². The minimum atomic E-state index is -0.526. The summed E-state index contributed by atoms with van der Waals surface area (Å²) in [6.45, 7) is 2.01. The molecule has 0 saturated carbocycles. The number of ether oxygens (including phenoxy) is 2. The van der Waals surface area contributed by atoms with E-state index in [2.05, 4.69) is 9.47 Å². The Balaban J connectivity index is 4.45. The molecule has 0 spiro atoms. The van der Waals surface area contributed by atoms with Crippen molar-refractivity contribution in [1.29, 1.82) is 0 Å². The van der Waals surface area contributed by atoms with Gasteiger partial charge in [0.25, 0.3) is 0 Å². The van der Waals surface area contributed by atoms with Gasteiger partial charge in [-0.3, -0.25) is 0 Å². The number of carbonyl (C=O) groups excluding carboxylic acids is 2. The van der Waals surface area contributed by atoms with E-state index < -0.39 is 11.9 Å². The van der Waals surface area contributed by atoms with Crippen LogP contribution >= 0.6 is 0 Å². The topological polar surface area (TPSA) is 52.6 Å². The number of hydrogen-bond acceptors (Lipinski definition) is 4. The van der Waals surface area contributed by atoms with Crippen LogP contribution in [0, 0.1) is 0 Å². The second kappa shape index (κ2) is 7.12. The van der Waals surface area contributed by atoms with Gasteiger partial charge in [0.05, 0.1) is 14.2 Å². The second-order valence-corrected chi connectivity index (χ2v) is 2.79. The van der Waals surface area contributed by atoms with Gasteiger partial charge in [-0.25, -0.2) is 9.59 Å². The molecule has 4 heteroatoms. The summed E-state index contributed by atoms with van der Waals surface area (Å²) in [5.74, 6) is -0.995. The van der Waals surface area contributed by atoms with Gasteiger partial charge in [-0.2, -0.15) is 0 Å². The van der Waals surface area contributed by atoms with Gasteiger partial charge in [-0.15, -0.1) is 0 Å². The highest BCUT2D eigenvalue weighted by atomic mass is 16.5. The quantitative estimate of drug-likeness (QED) is 0.498. The third-order valence-electron chi connectivity index (χ3n) is 1.74. The van der Waals surface area contributed by atoms with E-state index in [0.717, 1.165) is 12.8 Å². The van der Waals surface area contributed by atoms with E-state index in [9.17, 15) is 9.59 Å². The van der Waals surface area contributed by atoms with Crippen LogP contribution in [0.2, 0.25) is 0 Å². The standard InChI is InChI=1S/C10H16O4/c1-4-5-6-8(10(12)14-3)7-9(11)13-2/h7H,4-6H2,1-3H3. The minimum absolute atomic E-state index is 0.362. The highest BCUT2D eigenvalue weighted by Gasteiger charge is 2.11. The van der Waals surface area contributed by atoms with Gasteiger partial charge in [0, 0.05) is 11.6 Å². The summed E-state index contributed by atoms with van der Waals surface area (Å²) >= 11 is 0. The normalized spacial score (nSPS) is 10.9. The number of unbranched alkanes of at least 4 members (excludes halogenated alkanes) is 1. The molecule has 0 saturated heterocycles. The first-order valence-corrected chi connectivity index (χ1v) is 4.52. The first kappa shape index (κ1) is 12.7. The minimum Gasteiger partial charge on any atom is -0.466 e. The first-order chi connectivity index (χ1) is 6.65. The Morgan fingerprint density at radius 1 is 1.21 bits per heavy atom. The molecule has 0 N–H and O–H groups in total. The molecule has 0 aliphatic heterocycles. The van der Waals surface area contributed by atoms with E-state index in [-0.39, 0.29) is 0 Å². The van der Waals surface area contributed by atoms with Gasteiger partial charge < -0.3 is 9.47 Å². The van der Waals surface area contributed by atoms with Crippen LogP contribution in [0.4, 0.5) is 0 Å². The predicted octanol–water partition coefficient (Wildman–Crippen LogP) is 1.45. The Labute approximate surface area is 83.9 Å². The van der Waals surface area contributed by atoms with Gasteiger partial charge >= 0.3 is 11.9 Å². The maximum absolute atomic E-state index is 11.2. The molecular formula is C10H16O4. The number of hydrogen-bond donors (Lipinski definition) is 0. The molecule has 0 radical (unpaired) electrons. The number of esters is 2. The lowest BCUT2D eigenvalue weighted by Gasteiger charge is -2.03. The Hall–Kier alpha value is -1.32. The molecule has 4 nitrogen and oxygen atoms in total. The van der Waals surface area contributed by atoms with Crippen molar-refractivity contribution in [3.05, 3.63) is 11.6 Å². The van der Waals surface area contributed by atoms with Crippen molar-refractivity contribution in [3.8, 4) is 0 Å². The molecule has 0 fully saturated rings. The molecule has 0 aromatic carbocycles. The maximum Gasteiger partial charge on any atom is 0.333 e. The van der Waals surface area contributed by atoms with Gasteiger partial charge in [0.1, 0.15) is 0 Å². The van der Waals surface area contributed by atoms with Crippen LogP contribution in [0.25, 0.3) is 0 Å². The van der Waals surface area contributed by atoms with Crippen molar-refractivity contribution in [2.75, 3.05) is 14.2 Å².